The molecular weight excluding hydrogens is 224 g/mol. The number of aliphatic hydroxyl groups excluding tert-OH is 1. The minimum absolute atomic E-state index is 0.449. The Hall–Kier alpha value is -0.810. The number of rotatable bonds is 1. The third-order valence-corrected chi connectivity index (χ3v) is 1.89. The molecule has 0 aromatic heterocycles. The average Bonchev–Trinajstić information content (AvgIpc) is 2.01. The minimum atomic E-state index is -4.80. The molecule has 0 unspecified atom stereocenters. The SMILES string of the molecule is O[C@@H](c1ccc(F)cc1Cl)C(F)(F)F. The van der Waals surface area contributed by atoms with Gasteiger partial charge in [0.1, 0.15) is 5.82 Å². The van der Waals surface area contributed by atoms with Crippen molar-refractivity contribution in [3.8, 4) is 0 Å². The second-order valence-electron chi connectivity index (χ2n) is 2.61. The first kappa shape index (κ1) is 11.3. The highest BCUT2D eigenvalue weighted by molar-refractivity contribution is 6.31. The standard InChI is InChI=1S/C8H5ClF4O/c9-6-3-4(10)1-2-5(6)7(14)8(11,12)13/h1-3,7,14H/t7-/m0/s1. The number of benzene rings is 1. The van der Waals surface area contributed by atoms with Crippen molar-refractivity contribution >= 4 is 11.6 Å². The van der Waals surface area contributed by atoms with Crippen LogP contribution in [0.25, 0.3) is 0 Å². The van der Waals surface area contributed by atoms with Gasteiger partial charge in [-0.2, -0.15) is 13.2 Å². The summed E-state index contributed by atoms with van der Waals surface area (Å²) in [6.45, 7) is 0. The monoisotopic (exact) mass is 228 g/mol. The van der Waals surface area contributed by atoms with Gasteiger partial charge in [0, 0.05) is 10.6 Å². The van der Waals surface area contributed by atoms with E-state index in [1.807, 2.05) is 0 Å². The van der Waals surface area contributed by atoms with Crippen molar-refractivity contribution in [3.05, 3.63) is 34.6 Å². The van der Waals surface area contributed by atoms with Gasteiger partial charge in [-0.15, -0.1) is 0 Å². The van der Waals surface area contributed by atoms with Crippen LogP contribution < -0.4 is 0 Å². The van der Waals surface area contributed by atoms with Gasteiger partial charge in [-0.3, -0.25) is 0 Å². The topological polar surface area (TPSA) is 20.2 Å². The molecule has 0 amide bonds. The predicted octanol–water partition coefficient (Wildman–Crippen LogP) is 3.07. The van der Waals surface area contributed by atoms with Gasteiger partial charge in [-0.1, -0.05) is 17.7 Å². The molecule has 1 N–H and O–H groups in total. The lowest BCUT2D eigenvalue weighted by Gasteiger charge is -2.15. The van der Waals surface area contributed by atoms with Crippen LogP contribution in [0.2, 0.25) is 5.02 Å². The zero-order valence-corrected chi connectivity index (χ0v) is 7.40. The zero-order valence-electron chi connectivity index (χ0n) is 6.65. The molecular formula is C8H5ClF4O. The lowest BCUT2D eigenvalue weighted by atomic mass is 10.1. The second-order valence-corrected chi connectivity index (χ2v) is 3.02. The zero-order chi connectivity index (χ0) is 10.9. The van der Waals surface area contributed by atoms with Crippen molar-refractivity contribution in [2.75, 3.05) is 0 Å². The van der Waals surface area contributed by atoms with Gasteiger partial charge < -0.3 is 5.11 Å². The molecule has 0 aliphatic carbocycles. The van der Waals surface area contributed by atoms with Crippen LogP contribution in [0.3, 0.4) is 0 Å². The molecule has 14 heavy (non-hydrogen) atoms. The molecule has 78 valence electrons. The van der Waals surface area contributed by atoms with E-state index in [2.05, 4.69) is 0 Å². The molecule has 1 aromatic rings. The van der Waals surface area contributed by atoms with E-state index in [-0.39, 0.29) is 0 Å². The Kier molecular flexibility index (Phi) is 3.01. The Morgan fingerprint density at radius 3 is 2.29 bits per heavy atom. The lowest BCUT2D eigenvalue weighted by Crippen LogP contribution is -2.20. The molecule has 1 rings (SSSR count). The third kappa shape index (κ3) is 2.36. The fourth-order valence-electron chi connectivity index (χ4n) is 0.900. The lowest BCUT2D eigenvalue weighted by molar-refractivity contribution is -0.206. The van der Waals surface area contributed by atoms with Crippen LogP contribution in [-0.2, 0) is 0 Å². The fourth-order valence-corrected chi connectivity index (χ4v) is 1.17. The van der Waals surface area contributed by atoms with Gasteiger partial charge in [-0.05, 0) is 12.1 Å². The number of halogens is 5. The Labute approximate surface area is 81.9 Å². The molecule has 1 aromatic carbocycles. The molecule has 0 bridgehead atoms. The summed E-state index contributed by atoms with van der Waals surface area (Å²) in [6.07, 6.45) is -7.49. The summed E-state index contributed by atoms with van der Waals surface area (Å²) < 4.78 is 48.5. The van der Waals surface area contributed by atoms with Gasteiger partial charge in [-0.25, -0.2) is 4.39 Å². The molecule has 0 saturated carbocycles. The van der Waals surface area contributed by atoms with Crippen LogP contribution in [-0.4, -0.2) is 11.3 Å². The summed E-state index contributed by atoms with van der Waals surface area (Å²) in [7, 11) is 0. The molecule has 0 aliphatic heterocycles. The Morgan fingerprint density at radius 2 is 1.86 bits per heavy atom. The third-order valence-electron chi connectivity index (χ3n) is 1.57. The van der Waals surface area contributed by atoms with Crippen molar-refractivity contribution in [2.24, 2.45) is 0 Å². The van der Waals surface area contributed by atoms with E-state index in [4.69, 9.17) is 16.7 Å². The van der Waals surface area contributed by atoms with Crippen molar-refractivity contribution in [1.82, 2.24) is 0 Å². The van der Waals surface area contributed by atoms with E-state index in [9.17, 15) is 17.6 Å². The number of alkyl halides is 3. The average molecular weight is 229 g/mol. The first-order chi connectivity index (χ1) is 6.32. The highest BCUT2D eigenvalue weighted by Crippen LogP contribution is 2.35. The molecule has 1 atom stereocenters. The first-order valence-corrected chi connectivity index (χ1v) is 3.90. The Morgan fingerprint density at radius 1 is 1.29 bits per heavy atom. The number of aliphatic hydroxyl groups is 1. The van der Waals surface area contributed by atoms with Crippen molar-refractivity contribution in [1.29, 1.82) is 0 Å². The van der Waals surface area contributed by atoms with E-state index in [0.717, 1.165) is 12.1 Å². The molecule has 6 heteroatoms. The fraction of sp³-hybridized carbons (Fsp3) is 0.250. The summed E-state index contributed by atoms with van der Waals surface area (Å²) in [6, 6.07) is 2.32. The van der Waals surface area contributed by atoms with Gasteiger partial charge in [0.2, 0.25) is 0 Å². The van der Waals surface area contributed by atoms with E-state index < -0.39 is 28.7 Å². The second kappa shape index (κ2) is 3.74. The summed E-state index contributed by atoms with van der Waals surface area (Å²) in [5, 5.41) is 8.35. The maximum atomic E-state index is 12.5. The van der Waals surface area contributed by atoms with Crippen LogP contribution >= 0.6 is 11.6 Å². The van der Waals surface area contributed by atoms with E-state index in [0.29, 0.717) is 6.07 Å². The Balaban J connectivity index is 3.08. The van der Waals surface area contributed by atoms with Gasteiger partial charge in [0.25, 0.3) is 0 Å². The van der Waals surface area contributed by atoms with Crippen molar-refractivity contribution < 1.29 is 22.7 Å². The molecule has 0 fully saturated rings. The summed E-state index contributed by atoms with van der Waals surface area (Å²) >= 11 is 5.33. The maximum absolute atomic E-state index is 12.5. The number of hydrogen-bond donors (Lipinski definition) is 1. The summed E-state index contributed by atoms with van der Waals surface area (Å²) in [4.78, 5) is 0. The summed E-state index contributed by atoms with van der Waals surface area (Å²) in [5.41, 5.74) is -0.555. The number of hydrogen-bond acceptors (Lipinski definition) is 1. The van der Waals surface area contributed by atoms with Crippen LogP contribution in [0.4, 0.5) is 17.6 Å². The molecule has 0 heterocycles. The van der Waals surface area contributed by atoms with E-state index in [1.54, 1.807) is 0 Å². The normalized spacial score (nSPS) is 14.1. The highest BCUT2D eigenvalue weighted by Gasteiger charge is 2.40. The van der Waals surface area contributed by atoms with Gasteiger partial charge >= 0.3 is 6.18 Å². The van der Waals surface area contributed by atoms with Crippen LogP contribution in [0.1, 0.15) is 11.7 Å². The van der Waals surface area contributed by atoms with Crippen LogP contribution in [0.5, 0.6) is 0 Å². The van der Waals surface area contributed by atoms with Crippen molar-refractivity contribution in [2.45, 2.75) is 12.3 Å². The van der Waals surface area contributed by atoms with Gasteiger partial charge in [0.15, 0.2) is 6.10 Å². The molecule has 0 spiro atoms. The van der Waals surface area contributed by atoms with Crippen LogP contribution in [0, 0.1) is 5.82 Å². The minimum Gasteiger partial charge on any atom is -0.379 e. The predicted molar refractivity (Wildman–Crippen MR) is 42.4 cm³/mol. The van der Waals surface area contributed by atoms with E-state index >= 15 is 0 Å². The molecule has 0 saturated heterocycles. The highest BCUT2D eigenvalue weighted by atomic mass is 35.5. The largest absolute Gasteiger partial charge is 0.418 e. The molecule has 0 aliphatic rings. The maximum Gasteiger partial charge on any atom is 0.418 e. The van der Waals surface area contributed by atoms with Crippen LogP contribution in [0.15, 0.2) is 18.2 Å². The van der Waals surface area contributed by atoms with E-state index in [1.165, 1.54) is 0 Å². The quantitative estimate of drug-likeness (QED) is 0.733. The Bertz CT molecular complexity index is 337. The van der Waals surface area contributed by atoms with Gasteiger partial charge in [0.05, 0.1) is 0 Å². The van der Waals surface area contributed by atoms with Crippen molar-refractivity contribution in [3.63, 3.8) is 0 Å². The molecule has 1 nitrogen and oxygen atoms in total. The summed E-state index contributed by atoms with van der Waals surface area (Å²) in [5.74, 6) is -0.756. The first-order valence-electron chi connectivity index (χ1n) is 3.52. The smallest absolute Gasteiger partial charge is 0.379 e. The molecule has 0 radical (unpaired) electrons.